The Hall–Kier alpha value is -0.690. The fraction of sp³-hybridized carbons (Fsp3) is 0.200. The van der Waals surface area contributed by atoms with Gasteiger partial charge < -0.3 is 0 Å². The van der Waals surface area contributed by atoms with E-state index < -0.39 is 0 Å². The van der Waals surface area contributed by atoms with E-state index in [4.69, 9.17) is 0 Å². The molecule has 0 radical (unpaired) electrons. The van der Waals surface area contributed by atoms with Crippen LogP contribution in [0, 0.1) is 0 Å². The standard InChI is InChI=1S/C10H13S/c1-9(11(2)3)10-7-5-4-6-8-10/h4-8H,1H2,2-3H3/q+1. The molecule has 0 aliphatic carbocycles. The molecule has 0 unspecified atom stereocenters. The van der Waals surface area contributed by atoms with Crippen molar-refractivity contribution in [3.05, 3.63) is 42.5 Å². The highest BCUT2D eigenvalue weighted by atomic mass is 32.2. The van der Waals surface area contributed by atoms with Crippen molar-refractivity contribution in [1.29, 1.82) is 0 Å². The molecular formula is C10H13S+. The molecule has 0 aromatic heterocycles. The molecule has 0 aliphatic heterocycles. The first-order valence-electron chi connectivity index (χ1n) is 3.53. The summed E-state index contributed by atoms with van der Waals surface area (Å²) in [5.41, 5.74) is 1.26. The second kappa shape index (κ2) is 3.63. The maximum atomic E-state index is 4.04. The van der Waals surface area contributed by atoms with Crippen molar-refractivity contribution in [2.75, 3.05) is 12.5 Å². The van der Waals surface area contributed by atoms with Gasteiger partial charge in [0.2, 0.25) is 0 Å². The van der Waals surface area contributed by atoms with Gasteiger partial charge in [-0.15, -0.1) is 0 Å². The van der Waals surface area contributed by atoms with Gasteiger partial charge in [0.25, 0.3) is 0 Å². The minimum absolute atomic E-state index is 0.294. The lowest BCUT2D eigenvalue weighted by Crippen LogP contribution is -1.96. The van der Waals surface area contributed by atoms with Crippen LogP contribution in [0.4, 0.5) is 0 Å². The molecule has 0 N–H and O–H groups in total. The van der Waals surface area contributed by atoms with Crippen LogP contribution in [0.2, 0.25) is 0 Å². The highest BCUT2D eigenvalue weighted by molar-refractivity contribution is 8.04. The summed E-state index contributed by atoms with van der Waals surface area (Å²) in [5, 5.41) is 0. The Bertz CT molecular complexity index is 236. The minimum Gasteiger partial charge on any atom is -0.0622 e. The van der Waals surface area contributed by atoms with Crippen LogP contribution in [0.1, 0.15) is 5.56 Å². The highest BCUT2D eigenvalue weighted by Crippen LogP contribution is 2.16. The molecule has 1 aromatic carbocycles. The van der Waals surface area contributed by atoms with Crippen LogP contribution in [0.25, 0.3) is 4.91 Å². The number of hydrogen-bond acceptors (Lipinski definition) is 0. The molecule has 0 amide bonds. The summed E-state index contributed by atoms with van der Waals surface area (Å²) < 4.78 is 0. The Balaban J connectivity index is 2.86. The third kappa shape index (κ3) is 2.12. The summed E-state index contributed by atoms with van der Waals surface area (Å²) >= 11 is 0. The van der Waals surface area contributed by atoms with Crippen molar-refractivity contribution < 1.29 is 0 Å². The number of hydrogen-bond donors (Lipinski definition) is 0. The summed E-state index contributed by atoms with van der Waals surface area (Å²) in [6.45, 7) is 4.04. The maximum absolute atomic E-state index is 4.04. The second-order valence-corrected chi connectivity index (χ2v) is 4.73. The van der Waals surface area contributed by atoms with Crippen molar-refractivity contribution >= 4 is 15.8 Å². The molecule has 0 saturated carbocycles. The van der Waals surface area contributed by atoms with Gasteiger partial charge in [0.1, 0.15) is 12.5 Å². The lowest BCUT2D eigenvalue weighted by molar-refractivity contribution is 1.66. The van der Waals surface area contributed by atoms with Crippen LogP contribution < -0.4 is 0 Å². The van der Waals surface area contributed by atoms with Crippen LogP contribution in [0.5, 0.6) is 0 Å². The van der Waals surface area contributed by atoms with Gasteiger partial charge in [-0.1, -0.05) is 18.2 Å². The smallest absolute Gasteiger partial charge is 0.0622 e. The molecule has 0 heterocycles. The molecule has 0 aliphatic rings. The summed E-state index contributed by atoms with van der Waals surface area (Å²) in [5.74, 6) is 0. The fourth-order valence-electron chi connectivity index (χ4n) is 0.860. The summed E-state index contributed by atoms with van der Waals surface area (Å²) in [6.07, 6.45) is 4.38. The predicted octanol–water partition coefficient (Wildman–Crippen LogP) is 2.54. The van der Waals surface area contributed by atoms with E-state index in [0.717, 1.165) is 0 Å². The van der Waals surface area contributed by atoms with E-state index in [1.807, 2.05) is 18.2 Å². The maximum Gasteiger partial charge on any atom is 0.154 e. The zero-order valence-electron chi connectivity index (χ0n) is 7.00. The SMILES string of the molecule is C=C(c1ccccc1)[S+](C)C. The summed E-state index contributed by atoms with van der Waals surface area (Å²) in [7, 11) is 0.294. The number of rotatable bonds is 2. The third-order valence-electron chi connectivity index (χ3n) is 1.59. The van der Waals surface area contributed by atoms with Gasteiger partial charge in [-0.2, -0.15) is 0 Å². The first-order chi connectivity index (χ1) is 5.22. The third-order valence-corrected chi connectivity index (χ3v) is 2.81. The van der Waals surface area contributed by atoms with Crippen LogP contribution >= 0.6 is 0 Å². The van der Waals surface area contributed by atoms with E-state index >= 15 is 0 Å². The second-order valence-electron chi connectivity index (χ2n) is 2.61. The predicted molar refractivity (Wildman–Crippen MR) is 54.7 cm³/mol. The highest BCUT2D eigenvalue weighted by Gasteiger charge is 2.10. The van der Waals surface area contributed by atoms with Gasteiger partial charge in [-0.05, 0) is 18.7 Å². The van der Waals surface area contributed by atoms with E-state index in [2.05, 4.69) is 31.2 Å². The van der Waals surface area contributed by atoms with E-state index in [-0.39, 0.29) is 0 Å². The van der Waals surface area contributed by atoms with Crippen LogP contribution in [0.3, 0.4) is 0 Å². The average Bonchev–Trinajstić information content (AvgIpc) is 2.05. The molecule has 0 atom stereocenters. The topological polar surface area (TPSA) is 0 Å². The van der Waals surface area contributed by atoms with Crippen molar-refractivity contribution in [1.82, 2.24) is 0 Å². The first-order valence-corrected chi connectivity index (χ1v) is 5.58. The van der Waals surface area contributed by atoms with E-state index in [9.17, 15) is 0 Å². The van der Waals surface area contributed by atoms with Crippen molar-refractivity contribution in [2.45, 2.75) is 0 Å². The van der Waals surface area contributed by atoms with Crippen LogP contribution in [-0.2, 0) is 10.9 Å². The van der Waals surface area contributed by atoms with Crippen molar-refractivity contribution in [2.24, 2.45) is 0 Å². The molecule has 0 fully saturated rings. The van der Waals surface area contributed by atoms with Gasteiger partial charge in [-0.25, -0.2) is 0 Å². The summed E-state index contributed by atoms with van der Waals surface area (Å²) in [4.78, 5) is 1.24. The van der Waals surface area contributed by atoms with Crippen molar-refractivity contribution in [3.8, 4) is 0 Å². The minimum atomic E-state index is 0.294. The Morgan fingerprint density at radius 2 is 1.73 bits per heavy atom. The lowest BCUT2D eigenvalue weighted by Gasteiger charge is -1.99. The monoisotopic (exact) mass is 165 g/mol. The normalized spacial score (nSPS) is 10.1. The Kier molecular flexibility index (Phi) is 2.77. The quantitative estimate of drug-likeness (QED) is 0.591. The van der Waals surface area contributed by atoms with Crippen molar-refractivity contribution in [3.63, 3.8) is 0 Å². The van der Waals surface area contributed by atoms with Gasteiger partial charge in [0.05, 0.1) is 0 Å². The van der Waals surface area contributed by atoms with Gasteiger partial charge >= 0.3 is 0 Å². The first kappa shape index (κ1) is 8.41. The van der Waals surface area contributed by atoms with Gasteiger partial charge in [0, 0.05) is 16.5 Å². The van der Waals surface area contributed by atoms with E-state index in [0.29, 0.717) is 10.9 Å². The lowest BCUT2D eigenvalue weighted by atomic mass is 10.2. The number of benzene rings is 1. The largest absolute Gasteiger partial charge is 0.154 e. The molecule has 58 valence electrons. The average molecular weight is 165 g/mol. The molecule has 0 nitrogen and oxygen atoms in total. The Labute approximate surface area is 71.3 Å². The molecule has 1 aromatic rings. The van der Waals surface area contributed by atoms with Crippen LogP contribution in [0.15, 0.2) is 36.9 Å². The molecule has 0 saturated heterocycles. The Morgan fingerprint density at radius 3 is 2.18 bits per heavy atom. The zero-order chi connectivity index (χ0) is 8.27. The molecule has 11 heavy (non-hydrogen) atoms. The molecule has 1 rings (SSSR count). The van der Waals surface area contributed by atoms with Gasteiger partial charge in [-0.3, -0.25) is 0 Å². The molecule has 0 bridgehead atoms. The van der Waals surface area contributed by atoms with E-state index in [1.54, 1.807) is 0 Å². The van der Waals surface area contributed by atoms with E-state index in [1.165, 1.54) is 10.5 Å². The molecule has 0 spiro atoms. The molecule has 1 heteroatoms. The Morgan fingerprint density at radius 1 is 1.18 bits per heavy atom. The molecular weight excluding hydrogens is 152 g/mol. The fourth-order valence-corrected chi connectivity index (χ4v) is 1.47. The zero-order valence-corrected chi connectivity index (χ0v) is 7.82. The van der Waals surface area contributed by atoms with Gasteiger partial charge in [0.15, 0.2) is 4.91 Å². The van der Waals surface area contributed by atoms with Crippen LogP contribution in [-0.4, -0.2) is 12.5 Å². The summed E-state index contributed by atoms with van der Waals surface area (Å²) in [6, 6.07) is 10.3.